The quantitative estimate of drug-likeness (QED) is 0.506. The van der Waals surface area contributed by atoms with Gasteiger partial charge in [-0.3, -0.25) is 0 Å². The Kier molecular flexibility index (Phi) is 7.08. The van der Waals surface area contributed by atoms with Crippen LogP contribution in [-0.2, 0) is 4.74 Å². The molecule has 7 heteroatoms. The lowest BCUT2D eigenvalue weighted by atomic mass is 10.1. The third-order valence-electron chi connectivity index (χ3n) is 3.78. The minimum atomic E-state index is -0.254. The van der Waals surface area contributed by atoms with Crippen LogP contribution in [0.4, 0.5) is 10.6 Å². The number of halogens is 1. The van der Waals surface area contributed by atoms with Crippen LogP contribution in [0.1, 0.15) is 44.0 Å². The van der Waals surface area contributed by atoms with Gasteiger partial charge in [-0.1, -0.05) is 42.9 Å². The van der Waals surface area contributed by atoms with Crippen LogP contribution in [0.5, 0.6) is 0 Å². The molecule has 2 N–H and O–H groups in total. The molecule has 1 aliphatic heterocycles. The predicted molar refractivity (Wildman–Crippen MR) is 98.2 cm³/mol. The van der Waals surface area contributed by atoms with E-state index in [1.54, 1.807) is 11.8 Å². The second-order valence-corrected chi connectivity index (χ2v) is 6.15. The van der Waals surface area contributed by atoms with Gasteiger partial charge in [0.15, 0.2) is 5.15 Å². The Hall–Kier alpha value is -2.26. The standard InChI is InChI=1S/C18H23ClN4O2/c1-3-4-12-25-18(24)23-10-5-6-14(9-11-23)7-8-15-16(19)21-13(2)22-17(15)20/h6H,3-5,9-12H2,1-2H3,(H2,20,21,22). The van der Waals surface area contributed by atoms with Crippen molar-refractivity contribution in [1.82, 2.24) is 14.9 Å². The highest BCUT2D eigenvalue weighted by Crippen LogP contribution is 2.18. The molecule has 1 aliphatic rings. The number of nitrogens with two attached hydrogens (primary N) is 1. The zero-order chi connectivity index (χ0) is 18.2. The Balaban J connectivity index is 1.98. The van der Waals surface area contributed by atoms with Gasteiger partial charge < -0.3 is 15.4 Å². The van der Waals surface area contributed by atoms with Crippen LogP contribution in [0, 0.1) is 18.8 Å². The van der Waals surface area contributed by atoms with E-state index in [4.69, 9.17) is 22.1 Å². The zero-order valence-electron chi connectivity index (χ0n) is 14.6. The highest BCUT2D eigenvalue weighted by Gasteiger charge is 2.16. The van der Waals surface area contributed by atoms with Gasteiger partial charge in [0.25, 0.3) is 0 Å². The summed E-state index contributed by atoms with van der Waals surface area (Å²) < 4.78 is 5.26. The molecule has 2 rings (SSSR count). The Morgan fingerprint density at radius 3 is 2.92 bits per heavy atom. The van der Waals surface area contributed by atoms with Gasteiger partial charge in [-0.2, -0.15) is 0 Å². The van der Waals surface area contributed by atoms with Crippen LogP contribution in [0.3, 0.4) is 0 Å². The smallest absolute Gasteiger partial charge is 0.409 e. The number of unbranched alkanes of at least 4 members (excludes halogenated alkanes) is 1. The molecule has 1 aromatic heterocycles. The number of amides is 1. The van der Waals surface area contributed by atoms with E-state index in [-0.39, 0.29) is 17.1 Å². The number of hydrogen-bond donors (Lipinski definition) is 1. The van der Waals surface area contributed by atoms with Crippen molar-refractivity contribution in [3.63, 3.8) is 0 Å². The van der Waals surface area contributed by atoms with Crippen LogP contribution in [-0.4, -0.2) is 40.7 Å². The van der Waals surface area contributed by atoms with Crippen molar-refractivity contribution in [3.05, 3.63) is 28.2 Å². The van der Waals surface area contributed by atoms with Gasteiger partial charge in [-0.15, -0.1) is 0 Å². The molecule has 0 unspecified atom stereocenters. The van der Waals surface area contributed by atoms with E-state index < -0.39 is 0 Å². The van der Waals surface area contributed by atoms with Gasteiger partial charge in [0.1, 0.15) is 17.2 Å². The van der Waals surface area contributed by atoms with Gasteiger partial charge in [-0.25, -0.2) is 14.8 Å². The number of aryl methyl sites for hydroxylation is 1. The molecule has 0 fully saturated rings. The number of nitrogen functional groups attached to an aromatic ring is 1. The molecule has 0 saturated heterocycles. The highest BCUT2D eigenvalue weighted by molar-refractivity contribution is 6.30. The van der Waals surface area contributed by atoms with Crippen molar-refractivity contribution in [2.45, 2.75) is 39.5 Å². The van der Waals surface area contributed by atoms with Gasteiger partial charge in [0.2, 0.25) is 0 Å². The zero-order valence-corrected chi connectivity index (χ0v) is 15.4. The maximum atomic E-state index is 12.0. The van der Waals surface area contributed by atoms with Crippen LogP contribution in [0.25, 0.3) is 0 Å². The summed E-state index contributed by atoms with van der Waals surface area (Å²) in [4.78, 5) is 21.9. The van der Waals surface area contributed by atoms with Crippen LogP contribution in [0.15, 0.2) is 11.6 Å². The maximum Gasteiger partial charge on any atom is 0.409 e. The average Bonchev–Trinajstić information content (AvgIpc) is 2.80. The van der Waals surface area contributed by atoms with Crippen LogP contribution < -0.4 is 5.73 Å². The topological polar surface area (TPSA) is 81.3 Å². The van der Waals surface area contributed by atoms with E-state index in [1.807, 2.05) is 6.08 Å². The van der Waals surface area contributed by atoms with Crippen molar-refractivity contribution >= 4 is 23.5 Å². The summed E-state index contributed by atoms with van der Waals surface area (Å²) in [5.41, 5.74) is 7.24. The molecule has 0 saturated carbocycles. The van der Waals surface area contributed by atoms with E-state index in [0.717, 1.165) is 24.8 Å². The van der Waals surface area contributed by atoms with Crippen molar-refractivity contribution in [1.29, 1.82) is 0 Å². The predicted octanol–water partition coefficient (Wildman–Crippen LogP) is 3.33. The molecular formula is C18H23ClN4O2. The summed E-state index contributed by atoms with van der Waals surface area (Å²) in [6, 6.07) is 0. The second-order valence-electron chi connectivity index (χ2n) is 5.79. The Morgan fingerprint density at radius 1 is 1.40 bits per heavy atom. The second kappa shape index (κ2) is 9.28. The molecule has 25 heavy (non-hydrogen) atoms. The number of ether oxygens (including phenoxy) is 1. The first kappa shape index (κ1) is 19.1. The maximum absolute atomic E-state index is 12.0. The fourth-order valence-corrected chi connectivity index (χ4v) is 2.64. The fraction of sp³-hybridized carbons (Fsp3) is 0.500. The van der Waals surface area contributed by atoms with Gasteiger partial charge in [0.05, 0.1) is 6.61 Å². The van der Waals surface area contributed by atoms with E-state index >= 15 is 0 Å². The minimum absolute atomic E-state index is 0.254. The first-order chi connectivity index (χ1) is 12.0. The molecule has 0 bridgehead atoms. The van der Waals surface area contributed by atoms with E-state index in [1.165, 1.54) is 0 Å². The largest absolute Gasteiger partial charge is 0.449 e. The molecule has 134 valence electrons. The summed E-state index contributed by atoms with van der Waals surface area (Å²) in [5, 5.41) is 0.257. The summed E-state index contributed by atoms with van der Waals surface area (Å²) in [6.07, 6.45) is 5.07. The average molecular weight is 363 g/mol. The molecule has 0 aliphatic carbocycles. The van der Waals surface area contributed by atoms with Crippen molar-refractivity contribution in [3.8, 4) is 11.8 Å². The number of hydrogen-bond acceptors (Lipinski definition) is 5. The van der Waals surface area contributed by atoms with Crippen molar-refractivity contribution in [2.75, 3.05) is 25.4 Å². The van der Waals surface area contributed by atoms with Gasteiger partial charge in [-0.05, 0) is 26.2 Å². The van der Waals surface area contributed by atoms with Crippen LogP contribution >= 0.6 is 11.6 Å². The summed E-state index contributed by atoms with van der Waals surface area (Å²) >= 11 is 6.09. The van der Waals surface area contributed by atoms with Crippen molar-refractivity contribution < 1.29 is 9.53 Å². The van der Waals surface area contributed by atoms with E-state index in [9.17, 15) is 4.79 Å². The lowest BCUT2D eigenvalue weighted by Gasteiger charge is -2.19. The van der Waals surface area contributed by atoms with E-state index in [2.05, 4.69) is 28.7 Å². The number of aromatic nitrogens is 2. The lowest BCUT2D eigenvalue weighted by molar-refractivity contribution is 0.103. The van der Waals surface area contributed by atoms with Crippen LogP contribution in [0.2, 0.25) is 5.15 Å². The highest BCUT2D eigenvalue weighted by atomic mass is 35.5. The summed E-state index contributed by atoms with van der Waals surface area (Å²) in [7, 11) is 0. The number of nitrogens with zero attached hydrogens (tertiary/aromatic N) is 3. The molecule has 0 atom stereocenters. The minimum Gasteiger partial charge on any atom is -0.449 e. The van der Waals surface area contributed by atoms with Crippen molar-refractivity contribution in [2.24, 2.45) is 0 Å². The third-order valence-corrected chi connectivity index (χ3v) is 4.05. The SMILES string of the molecule is CCCCOC(=O)N1CCC=C(C#Cc2c(N)nc(C)nc2Cl)CC1. The first-order valence-corrected chi connectivity index (χ1v) is 8.81. The normalized spacial score (nSPS) is 14.2. The lowest BCUT2D eigenvalue weighted by Crippen LogP contribution is -2.32. The summed E-state index contributed by atoms with van der Waals surface area (Å²) in [5.74, 6) is 6.83. The molecule has 1 aromatic rings. The Labute approximate surface area is 153 Å². The number of carbonyl (C=O) groups excluding carboxylic acids is 1. The number of carbonyl (C=O) groups is 1. The molecule has 6 nitrogen and oxygen atoms in total. The Morgan fingerprint density at radius 2 is 2.20 bits per heavy atom. The molecule has 0 aromatic carbocycles. The molecule has 2 heterocycles. The number of rotatable bonds is 3. The number of anilines is 1. The third kappa shape index (κ3) is 5.64. The fourth-order valence-electron chi connectivity index (χ4n) is 2.37. The molecule has 0 spiro atoms. The molecule has 0 radical (unpaired) electrons. The van der Waals surface area contributed by atoms with E-state index in [0.29, 0.717) is 37.5 Å². The van der Waals surface area contributed by atoms with Gasteiger partial charge in [0, 0.05) is 18.7 Å². The first-order valence-electron chi connectivity index (χ1n) is 8.43. The molecule has 1 amide bonds. The molecular weight excluding hydrogens is 340 g/mol. The monoisotopic (exact) mass is 362 g/mol. The summed E-state index contributed by atoms with van der Waals surface area (Å²) in [6.45, 7) is 5.47. The van der Waals surface area contributed by atoms with Gasteiger partial charge >= 0.3 is 6.09 Å². The Bertz CT molecular complexity index is 699.